The Balaban J connectivity index is 2.45. The minimum Gasteiger partial charge on any atom is -0.340 e. The van der Waals surface area contributed by atoms with Crippen molar-refractivity contribution >= 4 is 5.91 Å². The van der Waals surface area contributed by atoms with Crippen molar-refractivity contribution in [3.63, 3.8) is 0 Å². The summed E-state index contributed by atoms with van der Waals surface area (Å²) in [6.07, 6.45) is 3.41. The lowest BCUT2D eigenvalue weighted by Gasteiger charge is -2.29. The summed E-state index contributed by atoms with van der Waals surface area (Å²) in [5.74, 6) is 0.0722. The molecular formula is C13H27N3O. The van der Waals surface area contributed by atoms with Gasteiger partial charge in [0, 0.05) is 19.1 Å². The van der Waals surface area contributed by atoms with Crippen LogP contribution in [0.2, 0.25) is 0 Å². The fourth-order valence-electron chi connectivity index (χ4n) is 2.10. The summed E-state index contributed by atoms with van der Waals surface area (Å²) < 4.78 is 0. The van der Waals surface area contributed by atoms with Gasteiger partial charge in [0.05, 0.1) is 6.54 Å². The normalized spacial score (nSPS) is 20.6. The lowest BCUT2D eigenvalue weighted by molar-refractivity contribution is -0.130. The van der Waals surface area contributed by atoms with E-state index in [4.69, 9.17) is 5.73 Å². The highest BCUT2D eigenvalue weighted by atomic mass is 16.2. The highest BCUT2D eigenvalue weighted by molar-refractivity contribution is 5.78. The Morgan fingerprint density at radius 3 is 2.65 bits per heavy atom. The monoisotopic (exact) mass is 241 g/mol. The predicted molar refractivity (Wildman–Crippen MR) is 70.7 cm³/mol. The summed E-state index contributed by atoms with van der Waals surface area (Å²) in [7, 11) is 0. The second kappa shape index (κ2) is 6.36. The molecule has 0 bridgehead atoms. The number of hydrogen-bond acceptors (Lipinski definition) is 3. The summed E-state index contributed by atoms with van der Waals surface area (Å²) in [4.78, 5) is 13.7. The third-order valence-electron chi connectivity index (χ3n) is 3.26. The molecule has 3 N–H and O–H groups in total. The van der Waals surface area contributed by atoms with Crippen LogP contribution in [0.3, 0.4) is 0 Å². The molecule has 0 radical (unpaired) electrons. The van der Waals surface area contributed by atoms with Crippen molar-refractivity contribution < 1.29 is 4.79 Å². The van der Waals surface area contributed by atoms with E-state index >= 15 is 0 Å². The van der Waals surface area contributed by atoms with Crippen molar-refractivity contribution in [2.45, 2.75) is 46.1 Å². The van der Waals surface area contributed by atoms with E-state index in [1.807, 2.05) is 4.90 Å². The van der Waals surface area contributed by atoms with Crippen molar-refractivity contribution in [3.8, 4) is 0 Å². The molecule has 4 nitrogen and oxygen atoms in total. The summed E-state index contributed by atoms with van der Waals surface area (Å²) in [6.45, 7) is 9.43. The molecule has 1 heterocycles. The van der Waals surface area contributed by atoms with E-state index < -0.39 is 0 Å². The van der Waals surface area contributed by atoms with Gasteiger partial charge in [0.25, 0.3) is 0 Å². The molecule has 1 rings (SSSR count). The average Bonchev–Trinajstić information content (AvgIpc) is 2.74. The molecule has 0 saturated carbocycles. The van der Waals surface area contributed by atoms with E-state index in [0.717, 1.165) is 26.1 Å². The number of nitrogens with two attached hydrogens (primary N) is 1. The fourth-order valence-corrected chi connectivity index (χ4v) is 2.10. The Kier molecular flexibility index (Phi) is 5.40. The lowest BCUT2D eigenvalue weighted by Crippen LogP contribution is -2.44. The number of carbonyl (C=O) groups excluding carboxylic acids is 1. The van der Waals surface area contributed by atoms with Crippen molar-refractivity contribution in [2.75, 3.05) is 26.2 Å². The Labute approximate surface area is 105 Å². The van der Waals surface area contributed by atoms with Crippen molar-refractivity contribution in [1.29, 1.82) is 0 Å². The van der Waals surface area contributed by atoms with Crippen LogP contribution in [0.25, 0.3) is 0 Å². The number of hydrogen-bond donors (Lipinski definition) is 2. The van der Waals surface area contributed by atoms with Crippen LogP contribution in [0.4, 0.5) is 0 Å². The fraction of sp³-hybridized carbons (Fsp3) is 0.923. The molecule has 0 unspecified atom stereocenters. The minimum atomic E-state index is 0.0722. The second-order valence-electron chi connectivity index (χ2n) is 6.15. The predicted octanol–water partition coefficient (Wildman–Crippen LogP) is 0.962. The molecule has 1 fully saturated rings. The smallest absolute Gasteiger partial charge is 0.236 e. The first-order valence-corrected chi connectivity index (χ1v) is 6.63. The maximum absolute atomic E-state index is 11.8. The van der Waals surface area contributed by atoms with Crippen LogP contribution in [0.1, 0.15) is 40.0 Å². The summed E-state index contributed by atoms with van der Waals surface area (Å²) in [5.41, 5.74) is 5.74. The number of nitrogens with zero attached hydrogens (tertiary/aromatic N) is 1. The van der Waals surface area contributed by atoms with E-state index in [9.17, 15) is 4.79 Å². The molecule has 100 valence electrons. The van der Waals surface area contributed by atoms with Gasteiger partial charge in [0.1, 0.15) is 0 Å². The number of amides is 1. The zero-order valence-electron chi connectivity index (χ0n) is 11.5. The largest absolute Gasteiger partial charge is 0.340 e. The molecule has 0 aliphatic carbocycles. The molecule has 0 aromatic carbocycles. The van der Waals surface area contributed by atoms with Crippen LogP contribution >= 0.6 is 0 Å². The van der Waals surface area contributed by atoms with Crippen molar-refractivity contribution in [2.24, 2.45) is 11.1 Å². The molecule has 1 amide bonds. The number of nitrogens with one attached hydrogen (secondary N) is 1. The Morgan fingerprint density at radius 1 is 1.47 bits per heavy atom. The molecule has 1 saturated heterocycles. The van der Waals surface area contributed by atoms with Gasteiger partial charge in [-0.15, -0.1) is 0 Å². The van der Waals surface area contributed by atoms with Gasteiger partial charge in [-0.3, -0.25) is 4.79 Å². The average molecular weight is 241 g/mol. The topological polar surface area (TPSA) is 58.4 Å². The zero-order valence-corrected chi connectivity index (χ0v) is 11.5. The lowest BCUT2D eigenvalue weighted by atomic mass is 9.92. The van der Waals surface area contributed by atoms with Gasteiger partial charge in [-0.1, -0.05) is 20.8 Å². The Hall–Kier alpha value is -0.610. The summed E-state index contributed by atoms with van der Waals surface area (Å²) >= 11 is 0. The quantitative estimate of drug-likeness (QED) is 0.754. The van der Waals surface area contributed by atoms with Crippen LogP contribution in [0, 0.1) is 5.41 Å². The van der Waals surface area contributed by atoms with Gasteiger partial charge < -0.3 is 16.0 Å². The second-order valence-corrected chi connectivity index (χ2v) is 6.15. The first kappa shape index (κ1) is 14.5. The number of rotatable bonds is 5. The van der Waals surface area contributed by atoms with Crippen LogP contribution in [0.5, 0.6) is 0 Å². The van der Waals surface area contributed by atoms with E-state index in [0.29, 0.717) is 6.04 Å². The highest BCUT2D eigenvalue weighted by Crippen LogP contribution is 2.19. The standard InChI is InChI=1S/C13H27N3O/c1-13(2,3)6-8-16(12(17)9-14)10-11-5-4-7-15-11/h11,15H,4-10,14H2,1-3H3/t11-/m0/s1. The van der Waals surface area contributed by atoms with E-state index in [-0.39, 0.29) is 17.9 Å². The summed E-state index contributed by atoms with van der Waals surface area (Å²) in [6, 6.07) is 0.463. The molecule has 4 heteroatoms. The SMILES string of the molecule is CC(C)(C)CCN(C[C@@H]1CCCN1)C(=O)CN. The van der Waals surface area contributed by atoms with Crippen LogP contribution in [-0.2, 0) is 4.79 Å². The van der Waals surface area contributed by atoms with Gasteiger partial charge in [-0.2, -0.15) is 0 Å². The van der Waals surface area contributed by atoms with E-state index in [1.54, 1.807) is 0 Å². The molecule has 0 spiro atoms. The van der Waals surface area contributed by atoms with Crippen molar-refractivity contribution in [3.05, 3.63) is 0 Å². The third-order valence-corrected chi connectivity index (χ3v) is 3.26. The van der Waals surface area contributed by atoms with Gasteiger partial charge in [-0.25, -0.2) is 0 Å². The van der Waals surface area contributed by atoms with Crippen molar-refractivity contribution in [1.82, 2.24) is 10.2 Å². The van der Waals surface area contributed by atoms with Gasteiger partial charge in [0.2, 0.25) is 5.91 Å². The molecular weight excluding hydrogens is 214 g/mol. The van der Waals surface area contributed by atoms with Gasteiger partial charge in [-0.05, 0) is 31.2 Å². The Bertz CT molecular complexity index is 242. The Morgan fingerprint density at radius 2 is 2.18 bits per heavy atom. The maximum atomic E-state index is 11.8. The molecule has 1 atom stereocenters. The van der Waals surface area contributed by atoms with Gasteiger partial charge in [0.15, 0.2) is 0 Å². The van der Waals surface area contributed by atoms with E-state index in [1.165, 1.54) is 12.8 Å². The van der Waals surface area contributed by atoms with Crippen LogP contribution < -0.4 is 11.1 Å². The van der Waals surface area contributed by atoms with Crippen LogP contribution in [0.15, 0.2) is 0 Å². The van der Waals surface area contributed by atoms with Gasteiger partial charge >= 0.3 is 0 Å². The number of carbonyl (C=O) groups is 1. The minimum absolute atomic E-state index is 0.0722. The molecule has 1 aliphatic rings. The summed E-state index contributed by atoms with van der Waals surface area (Å²) in [5, 5.41) is 3.43. The third kappa shape index (κ3) is 5.50. The zero-order chi connectivity index (χ0) is 12.9. The first-order chi connectivity index (χ1) is 7.92. The van der Waals surface area contributed by atoms with E-state index in [2.05, 4.69) is 26.1 Å². The van der Waals surface area contributed by atoms with Crippen LogP contribution in [-0.4, -0.2) is 43.0 Å². The molecule has 0 aromatic rings. The maximum Gasteiger partial charge on any atom is 0.236 e. The molecule has 0 aromatic heterocycles. The highest BCUT2D eigenvalue weighted by Gasteiger charge is 2.22. The first-order valence-electron chi connectivity index (χ1n) is 6.63. The molecule has 17 heavy (non-hydrogen) atoms. The molecule has 1 aliphatic heterocycles.